The molecule has 0 aliphatic carbocycles. The summed E-state index contributed by atoms with van der Waals surface area (Å²) < 4.78 is 11.6. The number of nitrogens with zero attached hydrogens (tertiary/aromatic N) is 3. The Bertz CT molecular complexity index is 843. The van der Waals surface area contributed by atoms with Gasteiger partial charge in [0.25, 0.3) is 11.7 Å². The number of para-hydroxylation sites is 1. The molecule has 6 heteroatoms. The first-order valence-electron chi connectivity index (χ1n) is 9.94. The predicted molar refractivity (Wildman–Crippen MR) is 106 cm³/mol. The number of carbonyl (C=O) groups excluding carboxylic acids is 1. The molecular weight excluding hydrogens is 354 g/mol. The summed E-state index contributed by atoms with van der Waals surface area (Å²) in [6.45, 7) is 6.32. The molecule has 0 saturated carbocycles. The van der Waals surface area contributed by atoms with E-state index in [1.54, 1.807) is 0 Å². The molecule has 3 aliphatic rings. The molecule has 0 unspecified atom stereocenters. The van der Waals surface area contributed by atoms with Crippen LogP contribution in [-0.4, -0.2) is 61.8 Å². The lowest BCUT2D eigenvalue weighted by Gasteiger charge is -2.36. The Balaban J connectivity index is 1.25. The van der Waals surface area contributed by atoms with Crippen LogP contribution in [0.25, 0.3) is 0 Å². The largest absolute Gasteiger partial charge is 0.336 e. The van der Waals surface area contributed by atoms with E-state index in [-0.39, 0.29) is 5.91 Å². The third-order valence-electron chi connectivity index (χ3n) is 5.83. The number of anilines is 1. The summed E-state index contributed by atoms with van der Waals surface area (Å²) in [7, 11) is 0. The maximum atomic E-state index is 13.2. The second-order valence-electron chi connectivity index (χ2n) is 7.59. The fourth-order valence-corrected chi connectivity index (χ4v) is 4.35. The lowest BCUT2D eigenvalue weighted by molar-refractivity contribution is -0.181. The Labute approximate surface area is 165 Å². The number of hydrogen-bond acceptors (Lipinski definition) is 5. The number of fused-ring (bicyclic) bond motifs is 2. The second kappa shape index (κ2) is 7.29. The van der Waals surface area contributed by atoms with Gasteiger partial charge in [-0.1, -0.05) is 48.5 Å². The van der Waals surface area contributed by atoms with Gasteiger partial charge in [0.05, 0.1) is 25.6 Å². The smallest absolute Gasteiger partial charge is 0.293 e. The minimum absolute atomic E-state index is 0.0992. The SMILES string of the molecule is O=C1N(CN2CCN(Cc3ccccc3)CC2)c2ccccc2C12OCCO2. The van der Waals surface area contributed by atoms with Gasteiger partial charge in [0, 0.05) is 38.3 Å². The monoisotopic (exact) mass is 379 g/mol. The molecule has 6 nitrogen and oxygen atoms in total. The number of piperazine rings is 1. The highest BCUT2D eigenvalue weighted by atomic mass is 16.7. The van der Waals surface area contributed by atoms with Crippen molar-refractivity contribution < 1.29 is 14.3 Å². The fraction of sp³-hybridized carbons (Fsp3) is 0.409. The number of benzene rings is 2. The van der Waals surface area contributed by atoms with Gasteiger partial charge in [-0.15, -0.1) is 0 Å². The third-order valence-corrected chi connectivity index (χ3v) is 5.83. The van der Waals surface area contributed by atoms with Crippen molar-refractivity contribution in [3.05, 3.63) is 65.7 Å². The number of ether oxygens (including phenoxy) is 2. The topological polar surface area (TPSA) is 45.3 Å². The Kier molecular flexibility index (Phi) is 4.64. The Morgan fingerprint density at radius 3 is 2.21 bits per heavy atom. The van der Waals surface area contributed by atoms with Crippen molar-refractivity contribution in [3.8, 4) is 0 Å². The molecule has 2 saturated heterocycles. The zero-order valence-electron chi connectivity index (χ0n) is 15.9. The zero-order chi connectivity index (χ0) is 19.0. The molecule has 1 amide bonds. The Morgan fingerprint density at radius 1 is 0.821 bits per heavy atom. The molecule has 0 atom stereocenters. The minimum atomic E-state index is -1.23. The van der Waals surface area contributed by atoms with Crippen LogP contribution in [0.15, 0.2) is 54.6 Å². The highest BCUT2D eigenvalue weighted by Crippen LogP contribution is 2.45. The van der Waals surface area contributed by atoms with E-state index in [4.69, 9.17) is 9.47 Å². The van der Waals surface area contributed by atoms with E-state index in [2.05, 4.69) is 40.1 Å². The summed E-state index contributed by atoms with van der Waals surface area (Å²) >= 11 is 0. The molecule has 0 bridgehead atoms. The molecule has 0 aromatic heterocycles. The van der Waals surface area contributed by atoms with Crippen LogP contribution in [0.3, 0.4) is 0 Å². The van der Waals surface area contributed by atoms with Crippen LogP contribution >= 0.6 is 0 Å². The van der Waals surface area contributed by atoms with E-state index >= 15 is 0 Å². The molecule has 0 radical (unpaired) electrons. The number of amides is 1. The van der Waals surface area contributed by atoms with Gasteiger partial charge in [0.15, 0.2) is 0 Å². The maximum Gasteiger partial charge on any atom is 0.293 e. The van der Waals surface area contributed by atoms with E-state index in [1.807, 2.05) is 29.2 Å². The van der Waals surface area contributed by atoms with Gasteiger partial charge in [-0.3, -0.25) is 19.5 Å². The van der Waals surface area contributed by atoms with Gasteiger partial charge < -0.3 is 9.47 Å². The van der Waals surface area contributed by atoms with Crippen molar-refractivity contribution in [2.75, 3.05) is 51.0 Å². The first-order chi connectivity index (χ1) is 13.8. The second-order valence-corrected chi connectivity index (χ2v) is 7.59. The summed E-state index contributed by atoms with van der Waals surface area (Å²) in [5.74, 6) is -1.33. The summed E-state index contributed by atoms with van der Waals surface area (Å²) in [5, 5.41) is 0. The van der Waals surface area contributed by atoms with E-state index in [0.717, 1.165) is 44.0 Å². The van der Waals surface area contributed by atoms with Crippen molar-refractivity contribution in [1.82, 2.24) is 9.80 Å². The summed E-state index contributed by atoms with van der Waals surface area (Å²) in [6, 6.07) is 18.4. The molecule has 1 spiro atoms. The summed E-state index contributed by atoms with van der Waals surface area (Å²) in [4.78, 5) is 19.8. The molecule has 146 valence electrons. The Hall–Kier alpha value is -2.25. The van der Waals surface area contributed by atoms with Crippen LogP contribution in [-0.2, 0) is 26.6 Å². The number of hydrogen-bond donors (Lipinski definition) is 0. The van der Waals surface area contributed by atoms with Crippen LogP contribution in [0.4, 0.5) is 5.69 Å². The van der Waals surface area contributed by atoms with Crippen LogP contribution in [0.2, 0.25) is 0 Å². The predicted octanol–water partition coefficient (Wildman–Crippen LogP) is 2.01. The molecule has 5 rings (SSSR count). The van der Waals surface area contributed by atoms with Gasteiger partial charge in [-0.05, 0) is 11.6 Å². The van der Waals surface area contributed by atoms with Gasteiger partial charge >= 0.3 is 0 Å². The van der Waals surface area contributed by atoms with Crippen molar-refractivity contribution in [2.45, 2.75) is 12.3 Å². The van der Waals surface area contributed by atoms with Crippen molar-refractivity contribution in [3.63, 3.8) is 0 Å². The van der Waals surface area contributed by atoms with E-state index in [9.17, 15) is 4.79 Å². The van der Waals surface area contributed by atoms with E-state index in [1.165, 1.54) is 5.56 Å². The molecule has 2 aromatic rings. The molecule has 2 fully saturated rings. The lowest BCUT2D eigenvalue weighted by atomic mass is 10.1. The summed E-state index contributed by atoms with van der Waals surface area (Å²) in [5.41, 5.74) is 3.08. The van der Waals surface area contributed by atoms with E-state index in [0.29, 0.717) is 19.9 Å². The molecule has 2 aromatic carbocycles. The lowest BCUT2D eigenvalue weighted by Crippen LogP contribution is -2.52. The van der Waals surface area contributed by atoms with Crippen molar-refractivity contribution in [2.24, 2.45) is 0 Å². The Morgan fingerprint density at radius 2 is 1.46 bits per heavy atom. The molecule has 3 aliphatic heterocycles. The highest BCUT2D eigenvalue weighted by Gasteiger charge is 2.56. The first-order valence-corrected chi connectivity index (χ1v) is 9.94. The summed E-state index contributed by atoms with van der Waals surface area (Å²) in [6.07, 6.45) is 0. The van der Waals surface area contributed by atoms with Crippen LogP contribution in [0.5, 0.6) is 0 Å². The van der Waals surface area contributed by atoms with Crippen LogP contribution in [0, 0.1) is 0 Å². The van der Waals surface area contributed by atoms with E-state index < -0.39 is 5.79 Å². The zero-order valence-corrected chi connectivity index (χ0v) is 15.9. The van der Waals surface area contributed by atoms with Gasteiger partial charge in [0.1, 0.15) is 0 Å². The molecule has 3 heterocycles. The minimum Gasteiger partial charge on any atom is -0.336 e. The van der Waals surface area contributed by atoms with Gasteiger partial charge in [-0.25, -0.2) is 0 Å². The molecular formula is C22H25N3O3. The molecule has 0 N–H and O–H groups in total. The average Bonchev–Trinajstić information content (AvgIpc) is 3.32. The van der Waals surface area contributed by atoms with Crippen molar-refractivity contribution in [1.29, 1.82) is 0 Å². The first kappa shape index (κ1) is 17.8. The van der Waals surface area contributed by atoms with Gasteiger partial charge in [0.2, 0.25) is 0 Å². The number of rotatable bonds is 4. The van der Waals surface area contributed by atoms with Crippen LogP contribution in [0.1, 0.15) is 11.1 Å². The average molecular weight is 379 g/mol. The molecule has 28 heavy (non-hydrogen) atoms. The van der Waals surface area contributed by atoms with Crippen LogP contribution < -0.4 is 4.90 Å². The normalized spacial score (nSPS) is 22.1. The van der Waals surface area contributed by atoms with Crippen molar-refractivity contribution >= 4 is 11.6 Å². The maximum absolute atomic E-state index is 13.2. The third kappa shape index (κ3) is 3.02. The quantitative estimate of drug-likeness (QED) is 0.813. The number of carbonyl (C=O) groups is 1. The fourth-order valence-electron chi connectivity index (χ4n) is 4.35. The highest BCUT2D eigenvalue weighted by molar-refractivity contribution is 6.06. The standard InChI is InChI=1S/C22H25N3O3/c26-21-22(27-14-15-28-22)19-8-4-5-9-20(19)25(21)17-24-12-10-23(11-13-24)16-18-6-2-1-3-7-18/h1-9H,10-17H2. The van der Waals surface area contributed by atoms with Gasteiger partial charge in [-0.2, -0.15) is 0 Å².